The fraction of sp³-hybridized carbons (Fsp3) is 0. The molecule has 15 heavy (non-hydrogen) atoms. The van der Waals surface area contributed by atoms with Gasteiger partial charge in [0.25, 0.3) is 0 Å². The Morgan fingerprint density at radius 1 is 0.667 bits per heavy atom. The van der Waals surface area contributed by atoms with Crippen molar-refractivity contribution in [3.05, 3.63) is 0 Å². The van der Waals surface area contributed by atoms with Gasteiger partial charge in [-0.25, -0.2) is 0 Å². The van der Waals surface area contributed by atoms with Crippen molar-refractivity contribution in [3.8, 4) is 0 Å². The van der Waals surface area contributed by atoms with Crippen LogP contribution in [0.2, 0.25) is 0 Å². The predicted molar refractivity (Wildman–Crippen MR) is 43.5 cm³/mol. The van der Waals surface area contributed by atoms with E-state index in [-0.39, 0.29) is 0 Å². The summed E-state index contributed by atoms with van der Waals surface area (Å²) in [4.78, 5) is 30.4. The number of carbonyl (C=O) groups excluding carboxylic acids is 3. The van der Waals surface area contributed by atoms with Crippen LogP contribution >= 0.6 is 13.8 Å². The molecule has 0 fully saturated rings. The van der Waals surface area contributed by atoms with E-state index >= 15 is 0 Å². The van der Waals surface area contributed by atoms with Crippen LogP contribution in [0, 0.1) is 0 Å². The third kappa shape index (κ3) is 1.55. The van der Waals surface area contributed by atoms with Crippen LogP contribution in [0.25, 0.3) is 0 Å². The fourth-order valence-corrected chi connectivity index (χ4v) is 7.97. The topological polar surface area (TPSA) is 51.2 Å². The SMILES string of the molecule is O=[CH][Fe]([CH]=O)([CH]=O)([PH](F)(F)F)[PH](F)(F)F. The van der Waals surface area contributed by atoms with Gasteiger partial charge < -0.3 is 0 Å². The maximum atomic E-state index is 12.4. The molecule has 0 aliphatic heterocycles. The van der Waals surface area contributed by atoms with Gasteiger partial charge in [-0.3, -0.25) is 0 Å². The molecule has 0 radical (unpaired) electrons. The molecule has 0 saturated carbocycles. The summed E-state index contributed by atoms with van der Waals surface area (Å²) in [5, 5.41) is -4.45. The molecule has 0 saturated heterocycles. The van der Waals surface area contributed by atoms with E-state index in [2.05, 4.69) is 0 Å². The first-order valence-electron chi connectivity index (χ1n) is 2.81. The van der Waals surface area contributed by atoms with E-state index in [1.54, 1.807) is 0 Å². The van der Waals surface area contributed by atoms with Crippen molar-refractivity contribution in [1.29, 1.82) is 0 Å². The summed E-state index contributed by atoms with van der Waals surface area (Å²) in [6, 6.07) is 0. The average molecular weight is 321 g/mol. The van der Waals surface area contributed by atoms with Gasteiger partial charge in [-0.15, -0.1) is 0 Å². The van der Waals surface area contributed by atoms with Crippen LogP contribution in [-0.4, -0.2) is 15.6 Å². The zero-order valence-electron chi connectivity index (χ0n) is 6.58. The van der Waals surface area contributed by atoms with E-state index in [0.717, 1.165) is 0 Å². The van der Waals surface area contributed by atoms with Gasteiger partial charge >= 0.3 is 79.8 Å². The van der Waals surface area contributed by atoms with Crippen LogP contribution in [0.4, 0.5) is 25.2 Å². The molecule has 0 amide bonds. The summed E-state index contributed by atoms with van der Waals surface area (Å²) < 4.78 is 74.1. The Kier molecular flexibility index (Phi) is 3.76. The number of hydrogen-bond acceptors (Lipinski definition) is 3. The van der Waals surface area contributed by atoms with Crippen LogP contribution in [-0.2, 0) is 25.3 Å². The summed E-state index contributed by atoms with van der Waals surface area (Å²) in [6.07, 6.45) is 0. The van der Waals surface area contributed by atoms with Gasteiger partial charge in [-0.05, 0) is 0 Å². The Morgan fingerprint density at radius 2 is 0.867 bits per heavy atom. The monoisotopic (exact) mass is 321 g/mol. The van der Waals surface area contributed by atoms with E-state index < -0.39 is 40.2 Å². The third-order valence-electron chi connectivity index (χ3n) is 1.43. The average Bonchev–Trinajstić information content (AvgIpc) is 2.04. The van der Waals surface area contributed by atoms with Gasteiger partial charge in [0, 0.05) is 0 Å². The molecule has 0 rings (SSSR count). The zero-order chi connectivity index (χ0) is 12.6. The van der Waals surface area contributed by atoms with Crippen molar-refractivity contribution in [2.24, 2.45) is 0 Å². The van der Waals surface area contributed by atoms with Gasteiger partial charge in [0.2, 0.25) is 0 Å². The molecule has 0 bridgehead atoms. The molecule has 0 aromatic heterocycles. The third-order valence-corrected chi connectivity index (χ3v) is 20.3. The van der Waals surface area contributed by atoms with Crippen LogP contribution in [0.3, 0.4) is 0 Å². The van der Waals surface area contributed by atoms with Gasteiger partial charge in [-0.1, -0.05) is 0 Å². The molecule has 0 spiro atoms. The number of halogens is 6. The van der Waals surface area contributed by atoms with Crippen molar-refractivity contribution >= 4 is 29.3 Å². The molecule has 0 aliphatic carbocycles. The maximum absolute atomic E-state index is 12.4. The summed E-state index contributed by atoms with van der Waals surface area (Å²) in [7, 11) is -7.56. The van der Waals surface area contributed by atoms with Crippen molar-refractivity contribution in [3.63, 3.8) is 0 Å². The Bertz CT molecular complexity index is 267. The van der Waals surface area contributed by atoms with Crippen LogP contribution in [0.1, 0.15) is 0 Å². The minimum atomic E-state index is -7.75. The second-order valence-electron chi connectivity index (χ2n) is 2.13. The molecule has 0 aliphatic rings. The van der Waals surface area contributed by atoms with Gasteiger partial charge in [0.15, 0.2) is 0 Å². The zero-order valence-corrected chi connectivity index (χ0v) is 9.68. The fourth-order valence-electron chi connectivity index (χ4n) is 0.456. The Balaban J connectivity index is 6.34. The number of carbonyl (C=O) groups is 3. The first-order chi connectivity index (χ1) is 6.52. The molecule has 0 unspecified atom stereocenters. The molecule has 12 heteroatoms. The molecule has 0 aromatic carbocycles. The second-order valence-corrected chi connectivity index (χ2v) is 19.6. The standard InChI is InChI=1S/3CHO.2F3HP.Fe/c3*1-2;2*1-4(2)3;/h3*1H;2*4H;/q;;;2*+1;-2. The van der Waals surface area contributed by atoms with E-state index in [9.17, 15) is 39.6 Å². The Hall–Kier alpha value is -0.0305. The van der Waals surface area contributed by atoms with Crippen molar-refractivity contribution in [1.82, 2.24) is 0 Å². The van der Waals surface area contributed by atoms with Crippen molar-refractivity contribution < 1.29 is 50.5 Å². The molecule has 0 N–H and O–H groups in total. The second kappa shape index (κ2) is 3.77. The summed E-state index contributed by atoms with van der Waals surface area (Å²) in [5.41, 5.74) is 0. The predicted octanol–water partition coefficient (Wildman–Crippen LogP) is 2.88. The number of rotatable bonds is 5. The summed E-state index contributed by atoms with van der Waals surface area (Å²) >= 11 is 0. The quantitative estimate of drug-likeness (QED) is 0.339. The van der Waals surface area contributed by atoms with Crippen molar-refractivity contribution in [2.75, 3.05) is 0 Å². The summed E-state index contributed by atoms with van der Waals surface area (Å²) in [6.45, 7) is -15.5. The minimum absolute atomic E-state index is 1.48. The Morgan fingerprint density at radius 3 is 0.867 bits per heavy atom. The molecule has 0 atom stereocenters. The first kappa shape index (κ1) is 15.0. The van der Waals surface area contributed by atoms with Crippen LogP contribution in [0.15, 0.2) is 0 Å². The van der Waals surface area contributed by atoms with Crippen LogP contribution < -0.4 is 0 Å². The summed E-state index contributed by atoms with van der Waals surface area (Å²) in [5.74, 6) is 0. The van der Waals surface area contributed by atoms with E-state index in [1.165, 1.54) is 0 Å². The van der Waals surface area contributed by atoms with Crippen molar-refractivity contribution in [2.45, 2.75) is 0 Å². The Labute approximate surface area is 80.4 Å². The molecule has 3 nitrogen and oxygen atoms in total. The van der Waals surface area contributed by atoms with Gasteiger partial charge in [-0.2, -0.15) is 0 Å². The molecular weight excluding hydrogens is 316 g/mol. The molecule has 95 valence electrons. The van der Waals surface area contributed by atoms with E-state index in [4.69, 9.17) is 0 Å². The molecule has 0 aromatic rings. The van der Waals surface area contributed by atoms with Crippen LogP contribution in [0.5, 0.6) is 0 Å². The van der Waals surface area contributed by atoms with Gasteiger partial charge in [0.05, 0.1) is 0 Å². The first-order valence-corrected chi connectivity index (χ1v) is 11.0. The normalized spacial score (nSPS) is 18.4. The van der Waals surface area contributed by atoms with E-state index in [1.807, 2.05) is 0 Å². The van der Waals surface area contributed by atoms with E-state index in [0.29, 0.717) is 0 Å². The number of hydrogen-bond donors (Lipinski definition) is 0. The van der Waals surface area contributed by atoms with Gasteiger partial charge in [0.1, 0.15) is 0 Å². The molecule has 0 heterocycles. The molecular formula is C3H5F6FeO3P2.